The summed E-state index contributed by atoms with van der Waals surface area (Å²) < 4.78 is -0.379. The van der Waals surface area contributed by atoms with Crippen molar-refractivity contribution >= 4 is 11.4 Å². The van der Waals surface area contributed by atoms with E-state index in [1.54, 1.807) is 0 Å². The molecule has 0 aliphatic heterocycles. The fourth-order valence-electron chi connectivity index (χ4n) is 3.57. The van der Waals surface area contributed by atoms with Crippen LogP contribution in [0.3, 0.4) is 0 Å². The molecule has 0 fully saturated rings. The van der Waals surface area contributed by atoms with Gasteiger partial charge in [0.05, 0.1) is 0 Å². The van der Waals surface area contributed by atoms with Crippen LogP contribution in [-0.2, 0) is 0 Å². The molecule has 2 heteroatoms. The molecule has 0 bridgehead atoms. The number of para-hydroxylation sites is 2. The van der Waals surface area contributed by atoms with E-state index in [-0.39, 0.29) is 10.2 Å². The van der Waals surface area contributed by atoms with Gasteiger partial charge in [-0.25, -0.2) is 0 Å². The van der Waals surface area contributed by atoms with Crippen LogP contribution in [0.5, 0.6) is 0 Å². The first-order valence-electron chi connectivity index (χ1n) is 8.30. The van der Waals surface area contributed by atoms with Gasteiger partial charge in [0, 0.05) is 12.8 Å². The van der Waals surface area contributed by atoms with Crippen LogP contribution in [0.4, 0.5) is 11.4 Å². The molecule has 0 radical (unpaired) electrons. The Hall–Kier alpha value is -1.64. The molecule has 0 aliphatic carbocycles. The zero-order valence-corrected chi connectivity index (χ0v) is 14.0. The molecular formula is C20H27NO. The predicted molar refractivity (Wildman–Crippen MR) is 95.9 cm³/mol. The molecule has 0 N–H and O–H groups in total. The lowest BCUT2D eigenvalue weighted by Gasteiger charge is -2.54. The molecule has 2 rings (SSSR count). The van der Waals surface area contributed by atoms with Gasteiger partial charge in [-0.05, 0) is 31.2 Å². The summed E-state index contributed by atoms with van der Waals surface area (Å²) in [4.78, 5) is 0. The monoisotopic (exact) mass is 297 g/mol. The van der Waals surface area contributed by atoms with Gasteiger partial charge in [-0.3, -0.25) is 4.65 Å². The predicted octanol–water partition coefficient (Wildman–Crippen LogP) is 6.18. The summed E-state index contributed by atoms with van der Waals surface area (Å²) >= 11 is 0. The van der Waals surface area contributed by atoms with Gasteiger partial charge in [0.1, 0.15) is 16.9 Å². The maximum absolute atomic E-state index is 14.2. The van der Waals surface area contributed by atoms with Crippen LogP contribution in [0.25, 0.3) is 0 Å². The van der Waals surface area contributed by atoms with Crippen LogP contribution in [0.1, 0.15) is 46.5 Å². The minimum Gasteiger partial charge on any atom is -0.621 e. The molecular weight excluding hydrogens is 270 g/mol. The topological polar surface area (TPSA) is 23.1 Å². The van der Waals surface area contributed by atoms with E-state index in [1.807, 2.05) is 60.7 Å². The molecule has 2 nitrogen and oxygen atoms in total. The van der Waals surface area contributed by atoms with Gasteiger partial charge >= 0.3 is 0 Å². The van der Waals surface area contributed by atoms with Crippen molar-refractivity contribution in [3.05, 3.63) is 65.9 Å². The lowest BCUT2D eigenvalue weighted by atomic mass is 9.86. The molecule has 0 heterocycles. The van der Waals surface area contributed by atoms with Crippen molar-refractivity contribution in [2.24, 2.45) is 0 Å². The number of hydrogen-bond acceptors (Lipinski definition) is 1. The SMILES string of the molecule is CCCC(C)(CCC)[N+]([O-])(c1ccccc1)c1ccccc1. The summed E-state index contributed by atoms with van der Waals surface area (Å²) in [6, 6.07) is 19.6. The molecule has 0 spiro atoms. The van der Waals surface area contributed by atoms with Crippen molar-refractivity contribution in [1.82, 2.24) is 4.65 Å². The van der Waals surface area contributed by atoms with Crippen molar-refractivity contribution in [2.75, 3.05) is 0 Å². The van der Waals surface area contributed by atoms with Crippen LogP contribution in [0.15, 0.2) is 60.7 Å². The molecule has 0 saturated heterocycles. The number of quaternary nitrogens is 1. The van der Waals surface area contributed by atoms with Crippen molar-refractivity contribution < 1.29 is 0 Å². The van der Waals surface area contributed by atoms with E-state index in [0.29, 0.717) is 0 Å². The van der Waals surface area contributed by atoms with Crippen LogP contribution in [0.2, 0.25) is 0 Å². The standard InChI is InChI=1S/C20H27NO/c1-4-16-20(3,17-5-2)21(22,18-12-8-6-9-13-18)19-14-10-7-11-15-19/h6-15H,4-5,16-17H2,1-3H3. The average Bonchev–Trinajstić information content (AvgIpc) is 2.56. The molecule has 118 valence electrons. The third kappa shape index (κ3) is 2.94. The minimum atomic E-state index is -0.379. The second-order valence-corrected chi connectivity index (χ2v) is 6.28. The Morgan fingerprint density at radius 2 is 1.14 bits per heavy atom. The Morgan fingerprint density at radius 3 is 1.45 bits per heavy atom. The quantitative estimate of drug-likeness (QED) is 0.442. The maximum atomic E-state index is 14.2. The summed E-state index contributed by atoms with van der Waals surface area (Å²) in [7, 11) is 0. The number of nitrogens with zero attached hydrogens (tertiary/aromatic N) is 1. The van der Waals surface area contributed by atoms with Crippen LogP contribution < -0.4 is 4.65 Å². The van der Waals surface area contributed by atoms with Gasteiger partial charge < -0.3 is 5.21 Å². The number of benzene rings is 2. The van der Waals surface area contributed by atoms with Crippen LogP contribution >= 0.6 is 0 Å². The molecule has 0 atom stereocenters. The van der Waals surface area contributed by atoms with Crippen molar-refractivity contribution in [1.29, 1.82) is 0 Å². The normalized spacial score (nSPS) is 12.4. The van der Waals surface area contributed by atoms with Gasteiger partial charge in [0.15, 0.2) is 0 Å². The van der Waals surface area contributed by atoms with Crippen molar-refractivity contribution in [3.63, 3.8) is 0 Å². The second-order valence-electron chi connectivity index (χ2n) is 6.28. The molecule has 0 aliphatic rings. The van der Waals surface area contributed by atoms with Crippen LogP contribution in [-0.4, -0.2) is 5.54 Å². The number of hydroxylamine groups is 1. The van der Waals surface area contributed by atoms with Crippen molar-refractivity contribution in [3.8, 4) is 0 Å². The second kappa shape index (κ2) is 7.08. The molecule has 0 unspecified atom stereocenters. The van der Waals surface area contributed by atoms with Gasteiger partial charge in [-0.1, -0.05) is 63.1 Å². The Balaban J connectivity index is 2.64. The Labute approximate surface area is 134 Å². The van der Waals surface area contributed by atoms with Crippen LogP contribution in [0, 0.1) is 5.21 Å². The highest BCUT2D eigenvalue weighted by atomic mass is 16.6. The first kappa shape index (κ1) is 16.7. The molecule has 2 aromatic rings. The Bertz CT molecular complexity index is 519. The van der Waals surface area contributed by atoms with E-state index in [9.17, 15) is 5.21 Å². The van der Waals surface area contributed by atoms with E-state index in [0.717, 1.165) is 37.1 Å². The highest BCUT2D eigenvalue weighted by Gasteiger charge is 2.43. The summed E-state index contributed by atoms with van der Waals surface area (Å²) in [5.74, 6) is 0. The molecule has 0 saturated carbocycles. The Morgan fingerprint density at radius 1 is 0.773 bits per heavy atom. The summed E-state index contributed by atoms with van der Waals surface area (Å²) in [6.07, 6.45) is 3.85. The highest BCUT2D eigenvalue weighted by Crippen LogP contribution is 2.45. The van der Waals surface area contributed by atoms with Gasteiger partial charge in [0.25, 0.3) is 0 Å². The molecule has 22 heavy (non-hydrogen) atoms. The van der Waals surface area contributed by atoms with E-state index >= 15 is 0 Å². The van der Waals surface area contributed by atoms with E-state index in [2.05, 4.69) is 20.8 Å². The lowest BCUT2D eigenvalue weighted by Crippen LogP contribution is -2.57. The van der Waals surface area contributed by atoms with E-state index < -0.39 is 0 Å². The lowest BCUT2D eigenvalue weighted by molar-refractivity contribution is 0.200. The molecule has 2 aromatic carbocycles. The fraction of sp³-hybridized carbons (Fsp3) is 0.400. The fourth-order valence-corrected chi connectivity index (χ4v) is 3.57. The van der Waals surface area contributed by atoms with E-state index in [1.165, 1.54) is 0 Å². The molecule has 0 amide bonds. The summed E-state index contributed by atoms with van der Waals surface area (Å²) in [6.45, 7) is 6.47. The van der Waals surface area contributed by atoms with Gasteiger partial charge in [-0.2, -0.15) is 0 Å². The largest absolute Gasteiger partial charge is 0.621 e. The first-order chi connectivity index (χ1) is 10.6. The number of rotatable bonds is 7. The zero-order chi connectivity index (χ0) is 16.1. The number of hydrogen-bond donors (Lipinski definition) is 0. The smallest absolute Gasteiger partial charge is 0.138 e. The highest BCUT2D eigenvalue weighted by molar-refractivity contribution is 5.61. The maximum Gasteiger partial charge on any atom is 0.138 e. The average molecular weight is 297 g/mol. The third-order valence-electron chi connectivity index (χ3n) is 4.58. The summed E-state index contributed by atoms with van der Waals surface area (Å²) in [5, 5.41) is 14.2. The zero-order valence-electron chi connectivity index (χ0n) is 14.0. The molecule has 0 aromatic heterocycles. The van der Waals surface area contributed by atoms with E-state index in [4.69, 9.17) is 0 Å². The first-order valence-corrected chi connectivity index (χ1v) is 8.30. The van der Waals surface area contributed by atoms with Gasteiger partial charge in [0.2, 0.25) is 0 Å². The third-order valence-corrected chi connectivity index (χ3v) is 4.58. The van der Waals surface area contributed by atoms with Gasteiger partial charge in [-0.15, -0.1) is 0 Å². The minimum absolute atomic E-state index is 0.355. The summed E-state index contributed by atoms with van der Waals surface area (Å²) in [5.41, 5.74) is 1.28. The van der Waals surface area contributed by atoms with Crippen molar-refractivity contribution in [2.45, 2.75) is 52.0 Å². The Kier molecular flexibility index (Phi) is 5.38.